The minimum absolute atomic E-state index is 0.586. The minimum Gasteiger partial charge on any atom is -0.366 e. The molecule has 1 fully saturated rings. The van der Waals surface area contributed by atoms with Gasteiger partial charge in [0.1, 0.15) is 0 Å². The predicted octanol–water partition coefficient (Wildman–Crippen LogP) is 4.96. The maximum absolute atomic E-state index is 6.06. The van der Waals surface area contributed by atoms with Crippen molar-refractivity contribution in [3.63, 3.8) is 0 Å². The van der Waals surface area contributed by atoms with E-state index < -0.39 is 0 Å². The summed E-state index contributed by atoms with van der Waals surface area (Å²) >= 11 is 9.62. The lowest BCUT2D eigenvalue weighted by molar-refractivity contribution is 0.626. The number of anilines is 1. The molecule has 0 saturated carbocycles. The van der Waals surface area contributed by atoms with Gasteiger partial charge in [0.15, 0.2) is 0 Å². The van der Waals surface area contributed by atoms with E-state index in [1.807, 2.05) is 0 Å². The third-order valence-corrected chi connectivity index (χ3v) is 4.51. The Balaban J connectivity index is 2.40. The molecule has 0 aliphatic carbocycles. The molecule has 1 aromatic carbocycles. The highest BCUT2D eigenvalue weighted by Crippen LogP contribution is 2.36. The fraction of sp³-hybridized carbons (Fsp3) is 0.571. The van der Waals surface area contributed by atoms with Crippen LogP contribution in [0.5, 0.6) is 0 Å². The van der Waals surface area contributed by atoms with Crippen molar-refractivity contribution in [1.82, 2.24) is 0 Å². The van der Waals surface area contributed by atoms with Gasteiger partial charge in [0.25, 0.3) is 0 Å². The van der Waals surface area contributed by atoms with Crippen LogP contribution in [0.3, 0.4) is 0 Å². The molecule has 0 spiro atoms. The van der Waals surface area contributed by atoms with Gasteiger partial charge in [-0.2, -0.15) is 0 Å². The van der Waals surface area contributed by atoms with E-state index in [4.69, 9.17) is 11.6 Å². The maximum Gasteiger partial charge on any atom is 0.0494 e. The van der Waals surface area contributed by atoms with Crippen LogP contribution < -0.4 is 4.90 Å². The van der Waals surface area contributed by atoms with E-state index in [0.29, 0.717) is 18.0 Å². The predicted molar refractivity (Wildman–Crippen MR) is 79.0 cm³/mol. The van der Waals surface area contributed by atoms with Crippen LogP contribution in [-0.2, 0) is 5.88 Å². The Morgan fingerprint density at radius 2 is 2.18 bits per heavy atom. The molecule has 1 aliphatic heterocycles. The Hall–Kier alpha value is -0.210. The van der Waals surface area contributed by atoms with E-state index in [1.54, 1.807) is 0 Å². The molecule has 94 valence electrons. The molecule has 0 bridgehead atoms. The SMILES string of the molecule is CCC1CCC(C)N1c1cc(Br)ccc1CCl. The number of hydrogen-bond donors (Lipinski definition) is 0. The van der Waals surface area contributed by atoms with Gasteiger partial charge in [-0.1, -0.05) is 28.9 Å². The lowest BCUT2D eigenvalue weighted by Gasteiger charge is -2.32. The van der Waals surface area contributed by atoms with E-state index in [0.717, 1.165) is 4.47 Å². The Labute approximate surface area is 117 Å². The van der Waals surface area contributed by atoms with Gasteiger partial charge in [0.2, 0.25) is 0 Å². The van der Waals surface area contributed by atoms with Gasteiger partial charge in [0.05, 0.1) is 0 Å². The van der Waals surface area contributed by atoms with E-state index in [-0.39, 0.29) is 0 Å². The summed E-state index contributed by atoms with van der Waals surface area (Å²) in [4.78, 5) is 2.56. The second-order valence-corrected chi connectivity index (χ2v) is 5.99. The Morgan fingerprint density at radius 3 is 2.82 bits per heavy atom. The van der Waals surface area contributed by atoms with Gasteiger partial charge in [0, 0.05) is 28.1 Å². The molecule has 3 heteroatoms. The Bertz CT molecular complexity index is 394. The topological polar surface area (TPSA) is 3.24 Å². The van der Waals surface area contributed by atoms with Crippen molar-refractivity contribution in [1.29, 1.82) is 0 Å². The molecule has 1 aliphatic rings. The van der Waals surface area contributed by atoms with Crippen molar-refractivity contribution in [2.24, 2.45) is 0 Å². The first kappa shape index (κ1) is 13.2. The highest BCUT2D eigenvalue weighted by molar-refractivity contribution is 9.10. The van der Waals surface area contributed by atoms with E-state index in [1.165, 1.54) is 30.5 Å². The van der Waals surface area contributed by atoms with Gasteiger partial charge in [-0.3, -0.25) is 0 Å². The first-order valence-electron chi connectivity index (χ1n) is 6.30. The molecule has 2 rings (SSSR count). The Morgan fingerprint density at radius 1 is 1.41 bits per heavy atom. The largest absolute Gasteiger partial charge is 0.366 e. The molecule has 0 radical (unpaired) electrons. The van der Waals surface area contributed by atoms with Crippen LogP contribution in [0.15, 0.2) is 22.7 Å². The second-order valence-electron chi connectivity index (χ2n) is 4.80. The fourth-order valence-electron chi connectivity index (χ4n) is 2.80. The standard InChI is InChI=1S/C14H19BrClN/c1-3-13-7-4-10(2)17(13)14-8-12(15)6-5-11(14)9-16/h5-6,8,10,13H,3-4,7,9H2,1-2H3. The summed E-state index contributed by atoms with van der Waals surface area (Å²) in [5.74, 6) is 0.586. The van der Waals surface area contributed by atoms with Crippen LogP contribution in [0, 0.1) is 0 Å². The quantitative estimate of drug-likeness (QED) is 0.713. The van der Waals surface area contributed by atoms with E-state index in [9.17, 15) is 0 Å². The molecule has 0 aromatic heterocycles. The average molecular weight is 317 g/mol. The van der Waals surface area contributed by atoms with Gasteiger partial charge in [-0.25, -0.2) is 0 Å². The molecule has 1 heterocycles. The zero-order chi connectivity index (χ0) is 12.4. The first-order valence-corrected chi connectivity index (χ1v) is 7.62. The van der Waals surface area contributed by atoms with Crippen molar-refractivity contribution in [2.75, 3.05) is 4.90 Å². The Kier molecular flexibility index (Phi) is 4.37. The van der Waals surface area contributed by atoms with Crippen LogP contribution >= 0.6 is 27.5 Å². The van der Waals surface area contributed by atoms with Crippen LogP contribution in [0.2, 0.25) is 0 Å². The van der Waals surface area contributed by atoms with E-state index in [2.05, 4.69) is 52.9 Å². The van der Waals surface area contributed by atoms with Gasteiger partial charge in [-0.05, 0) is 43.9 Å². The maximum atomic E-state index is 6.06. The molecule has 17 heavy (non-hydrogen) atoms. The molecule has 0 N–H and O–H groups in total. The van der Waals surface area contributed by atoms with Crippen molar-refractivity contribution < 1.29 is 0 Å². The van der Waals surface area contributed by atoms with Gasteiger partial charge >= 0.3 is 0 Å². The molecular weight excluding hydrogens is 298 g/mol. The summed E-state index contributed by atoms with van der Waals surface area (Å²) in [6, 6.07) is 7.70. The summed E-state index contributed by atoms with van der Waals surface area (Å²) < 4.78 is 1.13. The number of hydrogen-bond acceptors (Lipinski definition) is 1. The number of nitrogens with zero attached hydrogens (tertiary/aromatic N) is 1. The summed E-state index contributed by atoms with van der Waals surface area (Å²) in [7, 11) is 0. The highest BCUT2D eigenvalue weighted by Gasteiger charge is 2.30. The summed E-state index contributed by atoms with van der Waals surface area (Å²) in [5, 5.41) is 0. The molecule has 1 nitrogen and oxygen atoms in total. The lowest BCUT2D eigenvalue weighted by Crippen LogP contribution is -2.34. The van der Waals surface area contributed by atoms with Crippen molar-refractivity contribution >= 4 is 33.2 Å². The van der Waals surface area contributed by atoms with Crippen LogP contribution in [0.4, 0.5) is 5.69 Å². The van der Waals surface area contributed by atoms with Crippen molar-refractivity contribution in [3.8, 4) is 0 Å². The fourth-order valence-corrected chi connectivity index (χ4v) is 3.37. The molecule has 2 atom stereocenters. The number of benzene rings is 1. The zero-order valence-electron chi connectivity index (χ0n) is 10.4. The molecule has 1 saturated heterocycles. The first-order chi connectivity index (χ1) is 8.17. The second kappa shape index (κ2) is 5.62. The minimum atomic E-state index is 0.586. The lowest BCUT2D eigenvalue weighted by atomic mass is 10.1. The number of rotatable bonds is 3. The molecule has 2 unspecified atom stereocenters. The summed E-state index contributed by atoms with van der Waals surface area (Å²) in [6.07, 6.45) is 3.79. The van der Waals surface area contributed by atoms with Crippen LogP contribution in [0.1, 0.15) is 38.7 Å². The van der Waals surface area contributed by atoms with E-state index >= 15 is 0 Å². The third-order valence-electron chi connectivity index (χ3n) is 3.73. The van der Waals surface area contributed by atoms with Gasteiger partial charge in [-0.15, -0.1) is 11.6 Å². The summed E-state index contributed by atoms with van der Waals surface area (Å²) in [5.41, 5.74) is 2.55. The highest BCUT2D eigenvalue weighted by atomic mass is 79.9. The third kappa shape index (κ3) is 2.63. The number of alkyl halides is 1. The zero-order valence-corrected chi connectivity index (χ0v) is 12.8. The van der Waals surface area contributed by atoms with Crippen molar-refractivity contribution in [2.45, 2.75) is 51.1 Å². The monoisotopic (exact) mass is 315 g/mol. The smallest absolute Gasteiger partial charge is 0.0494 e. The van der Waals surface area contributed by atoms with Crippen LogP contribution in [-0.4, -0.2) is 12.1 Å². The molecule has 1 aromatic rings. The average Bonchev–Trinajstić information content (AvgIpc) is 2.70. The van der Waals surface area contributed by atoms with Crippen LogP contribution in [0.25, 0.3) is 0 Å². The molecular formula is C14H19BrClN. The summed E-state index contributed by atoms with van der Waals surface area (Å²) in [6.45, 7) is 4.59. The normalized spacial score (nSPS) is 24.4. The van der Waals surface area contributed by atoms with Gasteiger partial charge < -0.3 is 4.90 Å². The van der Waals surface area contributed by atoms with Crippen molar-refractivity contribution in [3.05, 3.63) is 28.2 Å². The molecule has 0 amide bonds. The number of halogens is 2.